The van der Waals surface area contributed by atoms with Gasteiger partial charge in [-0.25, -0.2) is 0 Å². The SMILES string of the molecule is Clc1c[c-]ccc1OC1CCCC1.[Br-].[Mg+2]. The van der Waals surface area contributed by atoms with E-state index in [0.29, 0.717) is 11.1 Å². The molecule has 0 atom stereocenters. The zero-order valence-corrected chi connectivity index (χ0v) is 12.3. The molecule has 1 nitrogen and oxygen atoms in total. The first-order chi connectivity index (χ1) is 6.36. The Bertz CT molecular complexity index is 290. The fraction of sp³-hybridized carbons (Fsp3) is 0.455. The molecule has 78 valence electrons. The molecule has 0 unspecified atom stereocenters. The Morgan fingerprint density at radius 1 is 1.33 bits per heavy atom. The summed E-state index contributed by atoms with van der Waals surface area (Å²) in [6, 6.07) is 8.36. The van der Waals surface area contributed by atoms with Gasteiger partial charge in [-0.3, -0.25) is 0 Å². The summed E-state index contributed by atoms with van der Waals surface area (Å²) >= 11 is 5.95. The molecule has 1 aromatic rings. The first kappa shape index (κ1) is 15.6. The Morgan fingerprint density at radius 2 is 2.00 bits per heavy atom. The van der Waals surface area contributed by atoms with Gasteiger partial charge in [0.2, 0.25) is 0 Å². The normalized spacial score (nSPS) is 15.3. The molecule has 0 amide bonds. The number of ether oxygens (including phenoxy) is 1. The smallest absolute Gasteiger partial charge is 1.00 e. The van der Waals surface area contributed by atoms with Crippen molar-refractivity contribution in [3.05, 3.63) is 29.3 Å². The second kappa shape index (κ2) is 7.77. The fourth-order valence-electron chi connectivity index (χ4n) is 1.68. The summed E-state index contributed by atoms with van der Waals surface area (Å²) in [7, 11) is 0. The standard InChI is InChI=1S/C11H12ClO.BrH.Mg/c12-10-7-3-4-8-11(10)13-9-5-1-2-6-9;;/h4,7-9H,1-2,5-6H2;1H;/q-1;;+2/p-1. The molecule has 1 aliphatic rings. The van der Waals surface area contributed by atoms with Crippen LogP contribution in [0.5, 0.6) is 5.75 Å². The minimum absolute atomic E-state index is 0. The summed E-state index contributed by atoms with van der Waals surface area (Å²) in [4.78, 5) is 0. The van der Waals surface area contributed by atoms with E-state index < -0.39 is 0 Å². The Hall–Kier alpha value is 0.556. The average molecular weight is 300 g/mol. The molecule has 1 aromatic carbocycles. The van der Waals surface area contributed by atoms with E-state index in [9.17, 15) is 0 Å². The van der Waals surface area contributed by atoms with Crippen LogP contribution >= 0.6 is 11.6 Å². The van der Waals surface area contributed by atoms with Gasteiger partial charge in [-0.2, -0.15) is 29.8 Å². The van der Waals surface area contributed by atoms with E-state index in [1.54, 1.807) is 6.07 Å². The second-order valence-corrected chi connectivity index (χ2v) is 3.79. The molecule has 0 aliphatic heterocycles. The van der Waals surface area contributed by atoms with E-state index in [-0.39, 0.29) is 40.0 Å². The van der Waals surface area contributed by atoms with Crippen LogP contribution in [0.1, 0.15) is 25.7 Å². The number of halogens is 2. The van der Waals surface area contributed by atoms with Crippen LogP contribution in [-0.2, 0) is 0 Å². The summed E-state index contributed by atoms with van der Waals surface area (Å²) < 4.78 is 5.75. The van der Waals surface area contributed by atoms with Crippen LogP contribution in [0.15, 0.2) is 18.2 Å². The van der Waals surface area contributed by atoms with Crippen molar-refractivity contribution >= 4 is 34.7 Å². The van der Waals surface area contributed by atoms with Crippen molar-refractivity contribution in [1.29, 1.82) is 0 Å². The summed E-state index contributed by atoms with van der Waals surface area (Å²) in [5.41, 5.74) is 0. The van der Waals surface area contributed by atoms with Crippen molar-refractivity contribution in [2.75, 3.05) is 0 Å². The van der Waals surface area contributed by atoms with Gasteiger partial charge in [0.1, 0.15) is 0 Å². The monoisotopic (exact) mass is 298 g/mol. The molecule has 0 saturated heterocycles. The fourth-order valence-corrected chi connectivity index (χ4v) is 1.85. The van der Waals surface area contributed by atoms with E-state index in [1.807, 2.05) is 12.1 Å². The molecule has 0 heterocycles. The van der Waals surface area contributed by atoms with Crippen LogP contribution in [0.2, 0.25) is 5.02 Å². The first-order valence-electron chi connectivity index (χ1n) is 4.68. The van der Waals surface area contributed by atoms with Gasteiger partial charge in [0.25, 0.3) is 0 Å². The molecule has 2 rings (SSSR count). The summed E-state index contributed by atoms with van der Waals surface area (Å²) in [5.74, 6) is 0.798. The quantitative estimate of drug-likeness (QED) is 0.555. The van der Waals surface area contributed by atoms with Gasteiger partial charge in [0.05, 0.1) is 6.10 Å². The van der Waals surface area contributed by atoms with Crippen LogP contribution in [0, 0.1) is 6.07 Å². The molecule has 4 heteroatoms. The Morgan fingerprint density at radius 3 is 2.60 bits per heavy atom. The summed E-state index contributed by atoms with van der Waals surface area (Å²) in [6.07, 6.45) is 5.26. The van der Waals surface area contributed by atoms with Crippen LogP contribution in [0.3, 0.4) is 0 Å². The topological polar surface area (TPSA) is 9.23 Å². The second-order valence-electron chi connectivity index (χ2n) is 3.38. The third-order valence-corrected chi connectivity index (χ3v) is 2.67. The minimum Gasteiger partial charge on any atom is -1.00 e. The maximum absolute atomic E-state index is 5.95. The van der Waals surface area contributed by atoms with E-state index in [1.165, 1.54) is 12.8 Å². The van der Waals surface area contributed by atoms with Gasteiger partial charge in [-0.05, 0) is 30.7 Å². The molecule has 0 aromatic heterocycles. The zero-order chi connectivity index (χ0) is 9.10. The van der Waals surface area contributed by atoms with E-state index in [0.717, 1.165) is 18.6 Å². The summed E-state index contributed by atoms with van der Waals surface area (Å²) in [6.45, 7) is 0. The zero-order valence-electron chi connectivity index (χ0n) is 8.51. The molecule has 0 N–H and O–H groups in total. The molecule has 0 bridgehead atoms. The van der Waals surface area contributed by atoms with Gasteiger partial charge >= 0.3 is 23.1 Å². The molecule has 1 saturated carbocycles. The largest absolute Gasteiger partial charge is 2.00 e. The van der Waals surface area contributed by atoms with Crippen LogP contribution in [0.25, 0.3) is 0 Å². The molecular weight excluding hydrogens is 288 g/mol. The van der Waals surface area contributed by atoms with Gasteiger partial charge in [-0.15, -0.1) is 6.07 Å². The van der Waals surface area contributed by atoms with Crippen LogP contribution in [0.4, 0.5) is 0 Å². The first-order valence-corrected chi connectivity index (χ1v) is 5.06. The number of hydrogen-bond donors (Lipinski definition) is 0. The van der Waals surface area contributed by atoms with Crippen molar-refractivity contribution in [2.24, 2.45) is 0 Å². The minimum atomic E-state index is 0. The molecule has 0 radical (unpaired) electrons. The number of rotatable bonds is 2. The molecule has 1 aliphatic carbocycles. The maximum Gasteiger partial charge on any atom is 2.00 e. The molecular formula is C11H12BrClMgO. The molecule has 15 heavy (non-hydrogen) atoms. The third kappa shape index (κ3) is 4.51. The van der Waals surface area contributed by atoms with Crippen molar-refractivity contribution in [3.63, 3.8) is 0 Å². The maximum atomic E-state index is 5.95. The van der Waals surface area contributed by atoms with Gasteiger partial charge in [0.15, 0.2) is 0 Å². The third-order valence-electron chi connectivity index (χ3n) is 2.37. The predicted molar refractivity (Wildman–Crippen MR) is 58.9 cm³/mol. The van der Waals surface area contributed by atoms with E-state index in [2.05, 4.69) is 6.07 Å². The predicted octanol–water partition coefficient (Wildman–Crippen LogP) is 0.0848. The number of hydrogen-bond acceptors (Lipinski definition) is 1. The number of benzene rings is 1. The van der Waals surface area contributed by atoms with Crippen molar-refractivity contribution in [3.8, 4) is 5.75 Å². The van der Waals surface area contributed by atoms with Gasteiger partial charge in [0, 0.05) is 5.75 Å². The average Bonchev–Trinajstić information content (AvgIpc) is 2.61. The van der Waals surface area contributed by atoms with Gasteiger partial charge in [-0.1, -0.05) is 0 Å². The van der Waals surface area contributed by atoms with Crippen LogP contribution < -0.4 is 21.7 Å². The molecule has 0 spiro atoms. The Kier molecular flexibility index (Phi) is 8.06. The van der Waals surface area contributed by atoms with Crippen molar-refractivity contribution < 1.29 is 21.7 Å². The van der Waals surface area contributed by atoms with Crippen molar-refractivity contribution in [2.45, 2.75) is 31.8 Å². The van der Waals surface area contributed by atoms with E-state index in [4.69, 9.17) is 16.3 Å². The Labute approximate surface area is 122 Å². The van der Waals surface area contributed by atoms with Crippen LogP contribution in [-0.4, -0.2) is 29.2 Å². The Balaban J connectivity index is 0.000000980. The molecule has 1 fully saturated rings. The van der Waals surface area contributed by atoms with E-state index >= 15 is 0 Å². The van der Waals surface area contributed by atoms with Gasteiger partial charge < -0.3 is 21.7 Å². The van der Waals surface area contributed by atoms with Crippen molar-refractivity contribution in [1.82, 2.24) is 0 Å². The summed E-state index contributed by atoms with van der Waals surface area (Å²) in [5, 5.41) is 0.661.